The third-order valence-electron chi connectivity index (χ3n) is 3.28. The highest BCUT2D eigenvalue weighted by Gasteiger charge is 2.14. The first kappa shape index (κ1) is 15.7. The van der Waals surface area contributed by atoms with Crippen LogP contribution in [0.3, 0.4) is 0 Å². The molecule has 0 spiro atoms. The molecule has 0 fully saturated rings. The van der Waals surface area contributed by atoms with E-state index in [1.807, 2.05) is 36.7 Å². The molecular formula is C15H20ClN3O2. The molecule has 5 nitrogen and oxygen atoms in total. The number of aromatic nitrogens is 2. The van der Waals surface area contributed by atoms with Gasteiger partial charge in [0.2, 0.25) is 0 Å². The second kappa shape index (κ2) is 6.83. The van der Waals surface area contributed by atoms with Gasteiger partial charge in [0, 0.05) is 13.1 Å². The van der Waals surface area contributed by atoms with Gasteiger partial charge >= 0.3 is 0 Å². The molecule has 0 radical (unpaired) electrons. The molecule has 2 aromatic rings. The van der Waals surface area contributed by atoms with Crippen molar-refractivity contribution >= 4 is 11.6 Å². The maximum Gasteiger partial charge on any atom is 0.161 e. The zero-order valence-corrected chi connectivity index (χ0v) is 13.3. The van der Waals surface area contributed by atoms with Crippen LogP contribution in [0, 0.1) is 6.92 Å². The molecule has 2 N–H and O–H groups in total. The number of rotatable bonds is 6. The first-order chi connectivity index (χ1) is 10.1. The van der Waals surface area contributed by atoms with E-state index in [-0.39, 0.29) is 0 Å². The van der Waals surface area contributed by atoms with Crippen molar-refractivity contribution in [2.75, 3.05) is 7.11 Å². The van der Waals surface area contributed by atoms with E-state index in [2.05, 4.69) is 5.10 Å². The third-order valence-corrected chi connectivity index (χ3v) is 3.77. The lowest BCUT2D eigenvalue weighted by atomic mass is 10.2. The van der Waals surface area contributed by atoms with Gasteiger partial charge in [-0.1, -0.05) is 17.7 Å². The van der Waals surface area contributed by atoms with Gasteiger partial charge in [-0.15, -0.1) is 0 Å². The number of methoxy groups -OCH3 is 1. The quantitative estimate of drug-likeness (QED) is 0.891. The zero-order valence-electron chi connectivity index (χ0n) is 12.5. The zero-order chi connectivity index (χ0) is 15.4. The Kier molecular flexibility index (Phi) is 5.09. The van der Waals surface area contributed by atoms with Crippen molar-refractivity contribution in [1.82, 2.24) is 9.78 Å². The summed E-state index contributed by atoms with van der Waals surface area (Å²) in [4.78, 5) is 0. The molecule has 0 amide bonds. The van der Waals surface area contributed by atoms with Crippen LogP contribution >= 0.6 is 11.6 Å². The van der Waals surface area contributed by atoms with Crippen LogP contribution in [0.15, 0.2) is 18.2 Å². The van der Waals surface area contributed by atoms with E-state index in [1.54, 1.807) is 7.11 Å². The van der Waals surface area contributed by atoms with E-state index >= 15 is 0 Å². The minimum atomic E-state index is 0.339. The molecule has 1 aromatic heterocycles. The summed E-state index contributed by atoms with van der Waals surface area (Å²) in [6.07, 6.45) is 0. The van der Waals surface area contributed by atoms with E-state index in [1.165, 1.54) is 0 Å². The van der Waals surface area contributed by atoms with Crippen LogP contribution in [0.1, 0.15) is 23.9 Å². The topological polar surface area (TPSA) is 62.3 Å². The largest absolute Gasteiger partial charge is 0.493 e. The molecule has 0 atom stereocenters. The summed E-state index contributed by atoms with van der Waals surface area (Å²) in [5, 5.41) is 5.02. The molecule has 21 heavy (non-hydrogen) atoms. The molecule has 0 bridgehead atoms. The van der Waals surface area contributed by atoms with Gasteiger partial charge in [0.1, 0.15) is 6.61 Å². The van der Waals surface area contributed by atoms with Crippen molar-refractivity contribution in [2.24, 2.45) is 5.73 Å². The van der Waals surface area contributed by atoms with Crippen molar-refractivity contribution in [3.63, 3.8) is 0 Å². The molecule has 0 saturated heterocycles. The lowest BCUT2D eigenvalue weighted by molar-refractivity contribution is 0.274. The molecule has 0 unspecified atom stereocenters. The average molecular weight is 310 g/mol. The number of hydrogen-bond donors (Lipinski definition) is 1. The van der Waals surface area contributed by atoms with Gasteiger partial charge in [-0.2, -0.15) is 5.10 Å². The Morgan fingerprint density at radius 1 is 1.33 bits per heavy atom. The summed E-state index contributed by atoms with van der Waals surface area (Å²) in [6, 6.07) is 5.65. The van der Waals surface area contributed by atoms with Crippen LogP contribution in [0.5, 0.6) is 11.5 Å². The predicted octanol–water partition coefficient (Wildman–Crippen LogP) is 2.91. The number of nitrogens with zero attached hydrogens (tertiary/aromatic N) is 2. The number of nitrogens with two attached hydrogens (primary N) is 1. The Balaban J connectivity index is 2.20. The van der Waals surface area contributed by atoms with Crippen molar-refractivity contribution in [3.8, 4) is 11.5 Å². The molecule has 6 heteroatoms. The highest BCUT2D eigenvalue weighted by Crippen LogP contribution is 2.30. The smallest absolute Gasteiger partial charge is 0.161 e. The number of aryl methyl sites for hydroxylation is 2. The molecule has 2 rings (SSSR count). The van der Waals surface area contributed by atoms with Crippen LogP contribution in [-0.2, 0) is 19.7 Å². The molecule has 1 heterocycles. The number of halogens is 1. The Morgan fingerprint density at radius 2 is 2.10 bits per heavy atom. The summed E-state index contributed by atoms with van der Waals surface area (Å²) < 4.78 is 13.0. The number of hydrogen-bond acceptors (Lipinski definition) is 4. The molecule has 0 aliphatic rings. The normalized spacial score (nSPS) is 10.7. The summed E-state index contributed by atoms with van der Waals surface area (Å²) >= 11 is 6.27. The Hall–Kier alpha value is -1.72. The van der Waals surface area contributed by atoms with Gasteiger partial charge in [-0.3, -0.25) is 4.68 Å². The summed E-state index contributed by atoms with van der Waals surface area (Å²) in [5.74, 6) is 1.32. The van der Waals surface area contributed by atoms with Crippen LogP contribution in [0.4, 0.5) is 0 Å². The van der Waals surface area contributed by atoms with Gasteiger partial charge in [-0.05, 0) is 31.5 Å². The summed E-state index contributed by atoms with van der Waals surface area (Å²) in [7, 11) is 1.61. The van der Waals surface area contributed by atoms with E-state index in [9.17, 15) is 0 Å². The van der Waals surface area contributed by atoms with E-state index in [4.69, 9.17) is 26.8 Å². The minimum absolute atomic E-state index is 0.339. The molecular weight excluding hydrogens is 290 g/mol. The number of benzene rings is 1. The SMILES string of the molecule is CCn1nc(C)c(Cl)c1COc1ccc(CN)cc1OC. The molecule has 114 valence electrons. The summed E-state index contributed by atoms with van der Waals surface area (Å²) in [6.45, 7) is 5.45. The fourth-order valence-electron chi connectivity index (χ4n) is 2.11. The lowest BCUT2D eigenvalue weighted by Gasteiger charge is -2.12. The second-order valence-corrected chi connectivity index (χ2v) is 5.02. The highest BCUT2D eigenvalue weighted by atomic mass is 35.5. The minimum Gasteiger partial charge on any atom is -0.493 e. The maximum atomic E-state index is 6.27. The molecule has 0 aliphatic carbocycles. The van der Waals surface area contributed by atoms with Crippen LogP contribution in [-0.4, -0.2) is 16.9 Å². The van der Waals surface area contributed by atoms with E-state index in [0.717, 1.165) is 23.5 Å². The van der Waals surface area contributed by atoms with Crippen molar-refractivity contribution in [3.05, 3.63) is 40.2 Å². The fraction of sp³-hybridized carbons (Fsp3) is 0.400. The first-order valence-corrected chi connectivity index (χ1v) is 7.20. The van der Waals surface area contributed by atoms with E-state index in [0.29, 0.717) is 29.7 Å². The Bertz CT molecular complexity index is 626. The van der Waals surface area contributed by atoms with Gasteiger partial charge in [0.15, 0.2) is 11.5 Å². The van der Waals surface area contributed by atoms with Crippen LogP contribution < -0.4 is 15.2 Å². The van der Waals surface area contributed by atoms with Gasteiger partial charge < -0.3 is 15.2 Å². The highest BCUT2D eigenvalue weighted by molar-refractivity contribution is 6.31. The lowest BCUT2D eigenvalue weighted by Crippen LogP contribution is -2.07. The first-order valence-electron chi connectivity index (χ1n) is 6.82. The molecule has 0 saturated carbocycles. The predicted molar refractivity (Wildman–Crippen MR) is 82.9 cm³/mol. The maximum absolute atomic E-state index is 6.27. The van der Waals surface area contributed by atoms with Crippen molar-refractivity contribution < 1.29 is 9.47 Å². The second-order valence-electron chi connectivity index (χ2n) is 4.64. The van der Waals surface area contributed by atoms with Crippen LogP contribution in [0.2, 0.25) is 5.02 Å². The Labute approximate surface area is 129 Å². The molecule has 1 aromatic carbocycles. The van der Waals surface area contributed by atoms with Gasteiger partial charge in [-0.25, -0.2) is 0 Å². The van der Waals surface area contributed by atoms with Gasteiger partial charge in [0.25, 0.3) is 0 Å². The number of ether oxygens (including phenoxy) is 2. The monoisotopic (exact) mass is 309 g/mol. The fourth-order valence-corrected chi connectivity index (χ4v) is 2.30. The van der Waals surface area contributed by atoms with Crippen molar-refractivity contribution in [1.29, 1.82) is 0 Å². The Morgan fingerprint density at radius 3 is 2.71 bits per heavy atom. The van der Waals surface area contributed by atoms with Gasteiger partial charge in [0.05, 0.1) is 23.5 Å². The standard InChI is InChI=1S/C15H20ClN3O2/c1-4-19-12(15(16)10(2)18-19)9-21-13-6-5-11(8-17)7-14(13)20-3/h5-7H,4,8-9,17H2,1-3H3. The molecule has 0 aliphatic heterocycles. The average Bonchev–Trinajstić information content (AvgIpc) is 2.79. The third kappa shape index (κ3) is 3.31. The van der Waals surface area contributed by atoms with Crippen molar-refractivity contribution in [2.45, 2.75) is 33.5 Å². The summed E-state index contributed by atoms with van der Waals surface area (Å²) in [5.41, 5.74) is 8.29. The van der Waals surface area contributed by atoms with Crippen LogP contribution in [0.25, 0.3) is 0 Å². The van der Waals surface area contributed by atoms with E-state index < -0.39 is 0 Å².